The SMILES string of the molecule is COc1cc(C)cc(-c2ncn(/C=C\C(=N\C#N)OC(C)C)n2)c1. The molecular formula is C17H19N5O2. The van der Waals surface area contributed by atoms with E-state index in [1.165, 1.54) is 4.68 Å². The zero-order chi connectivity index (χ0) is 17.5. The van der Waals surface area contributed by atoms with Crippen molar-refractivity contribution in [3.8, 4) is 23.3 Å². The number of hydrogen-bond donors (Lipinski definition) is 0. The summed E-state index contributed by atoms with van der Waals surface area (Å²) in [6, 6.07) is 5.80. The summed E-state index contributed by atoms with van der Waals surface area (Å²) in [5, 5.41) is 13.1. The first-order chi connectivity index (χ1) is 11.5. The zero-order valence-electron chi connectivity index (χ0n) is 14.1. The molecule has 0 amide bonds. The van der Waals surface area contributed by atoms with Gasteiger partial charge in [0.25, 0.3) is 0 Å². The summed E-state index contributed by atoms with van der Waals surface area (Å²) in [7, 11) is 1.62. The lowest BCUT2D eigenvalue weighted by Gasteiger charge is -2.07. The van der Waals surface area contributed by atoms with Gasteiger partial charge in [0.2, 0.25) is 12.1 Å². The molecule has 1 aromatic heterocycles. The molecule has 0 N–H and O–H groups in total. The molecule has 0 fully saturated rings. The van der Waals surface area contributed by atoms with Crippen LogP contribution in [-0.2, 0) is 4.74 Å². The number of benzene rings is 1. The topological polar surface area (TPSA) is 85.3 Å². The van der Waals surface area contributed by atoms with Gasteiger partial charge in [0.05, 0.1) is 13.2 Å². The molecule has 2 rings (SSSR count). The second-order valence-electron chi connectivity index (χ2n) is 5.32. The number of nitriles is 1. The molecule has 0 aliphatic heterocycles. The first kappa shape index (κ1) is 17.2. The van der Waals surface area contributed by atoms with Gasteiger partial charge in [-0.05, 0) is 44.5 Å². The Kier molecular flexibility index (Phi) is 5.68. The molecule has 1 aromatic carbocycles. The average Bonchev–Trinajstić information content (AvgIpc) is 3.00. The average molecular weight is 325 g/mol. The smallest absolute Gasteiger partial charge is 0.226 e. The fourth-order valence-corrected chi connectivity index (χ4v) is 2.01. The van der Waals surface area contributed by atoms with Crippen LogP contribution in [0.3, 0.4) is 0 Å². The predicted molar refractivity (Wildman–Crippen MR) is 91.3 cm³/mol. The summed E-state index contributed by atoms with van der Waals surface area (Å²) in [5.74, 6) is 1.55. The van der Waals surface area contributed by atoms with Crippen LogP contribution in [0.2, 0.25) is 0 Å². The number of aryl methyl sites for hydroxylation is 1. The van der Waals surface area contributed by atoms with E-state index in [9.17, 15) is 0 Å². The number of aliphatic imine (C=N–C) groups is 1. The van der Waals surface area contributed by atoms with E-state index < -0.39 is 0 Å². The number of aromatic nitrogens is 3. The molecule has 0 atom stereocenters. The van der Waals surface area contributed by atoms with Gasteiger partial charge in [-0.1, -0.05) is 0 Å². The Bertz CT molecular complexity index is 800. The van der Waals surface area contributed by atoms with Gasteiger partial charge in [-0.25, -0.2) is 9.67 Å². The van der Waals surface area contributed by atoms with Crippen LogP contribution in [0.15, 0.2) is 35.6 Å². The molecule has 7 heteroatoms. The van der Waals surface area contributed by atoms with Crippen molar-refractivity contribution in [3.05, 3.63) is 36.2 Å². The van der Waals surface area contributed by atoms with Crippen LogP contribution in [-0.4, -0.2) is 33.9 Å². The van der Waals surface area contributed by atoms with E-state index in [0.717, 1.165) is 16.9 Å². The predicted octanol–water partition coefficient (Wildman–Crippen LogP) is 3.04. The van der Waals surface area contributed by atoms with Crippen molar-refractivity contribution in [2.45, 2.75) is 26.9 Å². The quantitative estimate of drug-likeness (QED) is 0.479. The minimum Gasteiger partial charge on any atom is -0.497 e. The van der Waals surface area contributed by atoms with E-state index in [4.69, 9.17) is 14.7 Å². The van der Waals surface area contributed by atoms with E-state index in [1.807, 2.05) is 39.0 Å². The maximum atomic E-state index is 8.68. The third-order valence-electron chi connectivity index (χ3n) is 2.94. The highest BCUT2D eigenvalue weighted by Gasteiger charge is 2.06. The van der Waals surface area contributed by atoms with E-state index in [1.54, 1.807) is 31.9 Å². The molecule has 124 valence electrons. The van der Waals surface area contributed by atoms with Crippen LogP contribution in [0.4, 0.5) is 0 Å². The van der Waals surface area contributed by atoms with Crippen LogP contribution in [0.5, 0.6) is 5.75 Å². The highest BCUT2D eigenvalue weighted by atomic mass is 16.5. The largest absolute Gasteiger partial charge is 0.497 e. The van der Waals surface area contributed by atoms with Crippen molar-refractivity contribution in [1.82, 2.24) is 14.8 Å². The lowest BCUT2D eigenvalue weighted by Crippen LogP contribution is -2.09. The number of rotatable bonds is 5. The molecule has 0 spiro atoms. The van der Waals surface area contributed by atoms with Crippen LogP contribution < -0.4 is 4.74 Å². The normalized spacial score (nSPS) is 11.8. The van der Waals surface area contributed by atoms with Crippen molar-refractivity contribution in [2.24, 2.45) is 4.99 Å². The standard InChI is InChI=1S/C17H19N5O2/c1-12(2)24-16(19-10-18)5-6-22-11-20-17(21-22)14-7-13(3)8-15(9-14)23-4/h5-9,11-12H,1-4H3/b6-5-,19-16-. The molecule has 7 nitrogen and oxygen atoms in total. The molecule has 0 aliphatic rings. The van der Waals surface area contributed by atoms with Crippen LogP contribution in [0.1, 0.15) is 19.4 Å². The first-order valence-electron chi connectivity index (χ1n) is 7.40. The van der Waals surface area contributed by atoms with Gasteiger partial charge in [0.15, 0.2) is 5.82 Å². The molecule has 0 saturated heterocycles. The van der Waals surface area contributed by atoms with E-state index in [-0.39, 0.29) is 12.0 Å². The number of methoxy groups -OCH3 is 1. The Morgan fingerprint density at radius 1 is 1.38 bits per heavy atom. The Balaban J connectivity index is 2.22. The third kappa shape index (κ3) is 4.68. The molecule has 0 radical (unpaired) electrons. The molecular weight excluding hydrogens is 306 g/mol. The molecule has 0 saturated carbocycles. The zero-order valence-corrected chi connectivity index (χ0v) is 14.1. The number of hydrogen-bond acceptors (Lipinski definition) is 6. The lowest BCUT2D eigenvalue weighted by atomic mass is 10.1. The van der Waals surface area contributed by atoms with Gasteiger partial charge >= 0.3 is 0 Å². The monoisotopic (exact) mass is 325 g/mol. The first-order valence-corrected chi connectivity index (χ1v) is 7.40. The van der Waals surface area contributed by atoms with Crippen molar-refractivity contribution in [3.63, 3.8) is 0 Å². The number of nitrogens with zero attached hydrogens (tertiary/aromatic N) is 5. The van der Waals surface area contributed by atoms with Crippen molar-refractivity contribution >= 4 is 12.1 Å². The summed E-state index contributed by atoms with van der Waals surface area (Å²) in [6.45, 7) is 5.70. The molecule has 1 heterocycles. The molecule has 2 aromatic rings. The minimum absolute atomic E-state index is 0.0761. The van der Waals surface area contributed by atoms with Crippen molar-refractivity contribution in [2.75, 3.05) is 7.11 Å². The van der Waals surface area contributed by atoms with E-state index in [2.05, 4.69) is 15.1 Å². The van der Waals surface area contributed by atoms with E-state index >= 15 is 0 Å². The Morgan fingerprint density at radius 2 is 2.17 bits per heavy atom. The van der Waals surface area contributed by atoms with Gasteiger partial charge in [-0.2, -0.15) is 5.26 Å². The molecule has 0 aliphatic carbocycles. The lowest BCUT2D eigenvalue weighted by molar-refractivity contribution is 0.231. The van der Waals surface area contributed by atoms with Gasteiger partial charge in [0.1, 0.15) is 12.1 Å². The Morgan fingerprint density at radius 3 is 2.83 bits per heavy atom. The van der Waals surface area contributed by atoms with E-state index in [0.29, 0.717) is 5.82 Å². The van der Waals surface area contributed by atoms with Crippen molar-refractivity contribution in [1.29, 1.82) is 5.26 Å². The maximum absolute atomic E-state index is 8.68. The second kappa shape index (κ2) is 7.92. The summed E-state index contributed by atoms with van der Waals surface area (Å²) < 4.78 is 12.2. The maximum Gasteiger partial charge on any atom is 0.226 e. The Hall–Kier alpha value is -3.14. The highest BCUT2D eigenvalue weighted by molar-refractivity contribution is 5.90. The van der Waals surface area contributed by atoms with Crippen LogP contribution in [0, 0.1) is 18.4 Å². The molecule has 0 unspecified atom stereocenters. The summed E-state index contributed by atoms with van der Waals surface area (Å²) in [4.78, 5) is 7.90. The summed E-state index contributed by atoms with van der Waals surface area (Å²) >= 11 is 0. The third-order valence-corrected chi connectivity index (χ3v) is 2.94. The minimum atomic E-state index is -0.0761. The van der Waals surface area contributed by atoms with Crippen LogP contribution >= 0.6 is 0 Å². The fraction of sp³-hybridized carbons (Fsp3) is 0.294. The molecule has 0 bridgehead atoms. The van der Waals surface area contributed by atoms with Crippen LogP contribution in [0.25, 0.3) is 17.6 Å². The highest BCUT2D eigenvalue weighted by Crippen LogP contribution is 2.23. The Labute approximate surface area is 140 Å². The van der Waals surface area contributed by atoms with Crippen molar-refractivity contribution < 1.29 is 9.47 Å². The summed E-state index contributed by atoms with van der Waals surface area (Å²) in [5.41, 5.74) is 1.92. The summed E-state index contributed by atoms with van der Waals surface area (Å²) in [6.07, 6.45) is 6.40. The van der Waals surface area contributed by atoms with Gasteiger partial charge in [0, 0.05) is 17.8 Å². The van der Waals surface area contributed by atoms with Gasteiger partial charge in [-0.3, -0.25) is 0 Å². The van der Waals surface area contributed by atoms with Gasteiger partial charge in [-0.15, -0.1) is 10.1 Å². The fourth-order valence-electron chi connectivity index (χ4n) is 2.01. The second-order valence-corrected chi connectivity index (χ2v) is 5.32. The van der Waals surface area contributed by atoms with Gasteiger partial charge < -0.3 is 9.47 Å². The molecule has 24 heavy (non-hydrogen) atoms. The number of ether oxygens (including phenoxy) is 2.